The highest BCUT2D eigenvalue weighted by molar-refractivity contribution is 6.26. The first-order valence-corrected chi connectivity index (χ1v) is 18.9. The Kier molecular flexibility index (Phi) is 6.56. The van der Waals surface area contributed by atoms with Gasteiger partial charge in [-0.2, -0.15) is 0 Å². The summed E-state index contributed by atoms with van der Waals surface area (Å²) >= 11 is 0. The third-order valence-corrected chi connectivity index (χ3v) is 11.2. The molecule has 12 aromatic rings. The second-order valence-electron chi connectivity index (χ2n) is 14.4. The summed E-state index contributed by atoms with van der Waals surface area (Å²) in [6, 6.07) is 64.0. The minimum Gasteiger partial charge on any atom is -0.456 e. The van der Waals surface area contributed by atoms with Gasteiger partial charge >= 0.3 is 0 Å². The predicted molar refractivity (Wildman–Crippen MR) is 230 cm³/mol. The van der Waals surface area contributed by atoms with Gasteiger partial charge in [-0.15, -0.1) is 0 Å². The van der Waals surface area contributed by atoms with Gasteiger partial charge in [-0.25, -0.2) is 15.0 Å². The minimum atomic E-state index is 0.595. The fourth-order valence-corrected chi connectivity index (χ4v) is 8.69. The third-order valence-electron chi connectivity index (χ3n) is 11.2. The van der Waals surface area contributed by atoms with E-state index < -0.39 is 0 Å². The molecule has 5 heteroatoms. The van der Waals surface area contributed by atoms with Crippen LogP contribution in [0.3, 0.4) is 0 Å². The number of fused-ring (bicyclic) bond motifs is 12. The molecule has 56 heavy (non-hydrogen) atoms. The van der Waals surface area contributed by atoms with Gasteiger partial charge in [0.25, 0.3) is 0 Å². The number of benzene rings is 9. The lowest BCUT2D eigenvalue weighted by Crippen LogP contribution is -2.04. The molecule has 0 atom stereocenters. The molecule has 3 heterocycles. The maximum atomic E-state index is 6.21. The number of hydrogen-bond acceptors (Lipinski definition) is 4. The molecular formula is C51H30N4O. The van der Waals surface area contributed by atoms with Crippen molar-refractivity contribution in [2.45, 2.75) is 0 Å². The van der Waals surface area contributed by atoms with E-state index in [9.17, 15) is 0 Å². The van der Waals surface area contributed by atoms with Gasteiger partial charge in [0.15, 0.2) is 17.5 Å². The zero-order valence-corrected chi connectivity index (χ0v) is 30.0. The lowest BCUT2D eigenvalue weighted by molar-refractivity contribution is 0.669. The first kappa shape index (κ1) is 30.8. The van der Waals surface area contributed by atoms with Crippen molar-refractivity contribution < 1.29 is 4.42 Å². The zero-order chi connectivity index (χ0) is 36.7. The summed E-state index contributed by atoms with van der Waals surface area (Å²) in [7, 11) is 0. The van der Waals surface area contributed by atoms with Crippen LogP contribution in [0.25, 0.3) is 116 Å². The summed E-state index contributed by atoms with van der Waals surface area (Å²) in [5.41, 5.74) is 7.65. The summed E-state index contributed by atoms with van der Waals surface area (Å²) in [5, 5.41) is 11.6. The largest absolute Gasteiger partial charge is 0.456 e. The van der Waals surface area contributed by atoms with E-state index in [2.05, 4.69) is 138 Å². The van der Waals surface area contributed by atoms with Crippen molar-refractivity contribution in [3.63, 3.8) is 0 Å². The maximum absolute atomic E-state index is 6.21. The summed E-state index contributed by atoms with van der Waals surface area (Å²) in [6.45, 7) is 0. The summed E-state index contributed by atoms with van der Waals surface area (Å²) < 4.78 is 8.59. The molecule has 9 aromatic carbocycles. The van der Waals surface area contributed by atoms with Gasteiger partial charge < -0.3 is 8.98 Å². The molecule has 0 aliphatic heterocycles. The van der Waals surface area contributed by atoms with Crippen LogP contribution in [0.5, 0.6) is 0 Å². The number of furan rings is 1. The van der Waals surface area contributed by atoms with Crippen LogP contribution in [0.2, 0.25) is 0 Å². The molecule has 0 aliphatic carbocycles. The Hall–Kier alpha value is -7.63. The van der Waals surface area contributed by atoms with Crippen LogP contribution in [-0.4, -0.2) is 19.5 Å². The van der Waals surface area contributed by atoms with Crippen LogP contribution in [0.1, 0.15) is 0 Å². The number of nitrogens with zero attached hydrogens (tertiary/aromatic N) is 4. The van der Waals surface area contributed by atoms with Gasteiger partial charge in [0.2, 0.25) is 0 Å². The van der Waals surface area contributed by atoms with Crippen molar-refractivity contribution in [2.24, 2.45) is 0 Å². The average molecular weight is 715 g/mol. The Labute approximate surface area is 320 Å². The molecule has 0 aliphatic rings. The first-order valence-electron chi connectivity index (χ1n) is 18.9. The van der Waals surface area contributed by atoms with Gasteiger partial charge in [-0.1, -0.05) is 133 Å². The van der Waals surface area contributed by atoms with Crippen LogP contribution in [0, 0.1) is 0 Å². The van der Waals surface area contributed by atoms with Gasteiger partial charge in [-0.05, 0) is 80.8 Å². The van der Waals surface area contributed by atoms with E-state index in [1.807, 2.05) is 48.5 Å². The number of hydrogen-bond donors (Lipinski definition) is 0. The van der Waals surface area contributed by atoms with Crippen molar-refractivity contribution in [3.8, 4) is 39.9 Å². The van der Waals surface area contributed by atoms with E-state index in [0.717, 1.165) is 60.7 Å². The molecule has 0 N–H and O–H groups in total. The highest BCUT2D eigenvalue weighted by atomic mass is 16.3. The zero-order valence-electron chi connectivity index (χ0n) is 30.0. The predicted octanol–water partition coefficient (Wildman–Crippen LogP) is 13.3. The number of rotatable bonds is 4. The molecule has 3 aromatic heterocycles. The molecule has 0 bridgehead atoms. The van der Waals surface area contributed by atoms with Crippen LogP contribution in [-0.2, 0) is 0 Å². The molecule has 0 saturated heterocycles. The first-order chi connectivity index (χ1) is 27.8. The summed E-state index contributed by atoms with van der Waals surface area (Å²) in [4.78, 5) is 15.9. The van der Waals surface area contributed by atoms with Crippen LogP contribution in [0.4, 0.5) is 0 Å². The second-order valence-corrected chi connectivity index (χ2v) is 14.4. The quantitative estimate of drug-likeness (QED) is 0.170. The molecule has 260 valence electrons. The van der Waals surface area contributed by atoms with E-state index in [-0.39, 0.29) is 0 Å². The van der Waals surface area contributed by atoms with Gasteiger partial charge in [-0.3, -0.25) is 0 Å². The molecule has 5 nitrogen and oxygen atoms in total. The lowest BCUT2D eigenvalue weighted by atomic mass is 9.92. The van der Waals surface area contributed by atoms with Crippen molar-refractivity contribution in [2.75, 3.05) is 0 Å². The molecule has 0 radical (unpaired) electrons. The van der Waals surface area contributed by atoms with Crippen LogP contribution in [0.15, 0.2) is 186 Å². The highest BCUT2D eigenvalue weighted by Crippen LogP contribution is 2.43. The summed E-state index contributed by atoms with van der Waals surface area (Å²) in [6.07, 6.45) is 0. The SMILES string of the molecule is c1ccc(-c2nc(-c3ccc4oc5ccccc5c4c3)nc(-c3cc4c5ccccc5c5ccccc5c4cc3-n3c4ccccc4c4ccccc43)n2)cc1. The summed E-state index contributed by atoms with van der Waals surface area (Å²) in [5.74, 6) is 1.80. The Morgan fingerprint density at radius 3 is 1.46 bits per heavy atom. The Morgan fingerprint density at radius 2 is 0.804 bits per heavy atom. The Balaban J connectivity index is 1.22. The Morgan fingerprint density at radius 1 is 0.321 bits per heavy atom. The van der Waals surface area contributed by atoms with Gasteiger partial charge in [0.1, 0.15) is 11.2 Å². The Bertz CT molecular complexity index is 3490. The van der Waals surface area contributed by atoms with E-state index >= 15 is 0 Å². The van der Waals surface area contributed by atoms with Crippen molar-refractivity contribution in [1.82, 2.24) is 19.5 Å². The lowest BCUT2D eigenvalue weighted by Gasteiger charge is -2.18. The molecule has 0 saturated carbocycles. The van der Waals surface area contributed by atoms with Crippen LogP contribution >= 0.6 is 0 Å². The van der Waals surface area contributed by atoms with Gasteiger partial charge in [0.05, 0.1) is 16.7 Å². The monoisotopic (exact) mass is 714 g/mol. The second kappa shape index (κ2) is 11.9. The van der Waals surface area contributed by atoms with E-state index in [1.165, 1.54) is 37.7 Å². The van der Waals surface area contributed by atoms with E-state index in [4.69, 9.17) is 19.4 Å². The molecule has 0 spiro atoms. The standard InChI is InChI=1S/C51H30N4O/c1-2-14-31(15-3-1)49-52-50(32-26-27-48-42(28-32)39-22-10-13-25-47(39)56-48)54-51(53-49)43-29-40-35-18-6-4-16-33(35)34-17-5-7-19-36(34)41(40)30-46(43)55-44-23-11-8-20-37(44)38-21-9-12-24-45(38)55/h1-30H. The van der Waals surface area contributed by atoms with Crippen molar-refractivity contribution >= 4 is 76.1 Å². The van der Waals surface area contributed by atoms with Crippen molar-refractivity contribution in [3.05, 3.63) is 182 Å². The minimum absolute atomic E-state index is 0.595. The molecule has 0 amide bonds. The smallest absolute Gasteiger partial charge is 0.166 e. The molecule has 12 rings (SSSR count). The normalized spacial score (nSPS) is 11.9. The number of para-hydroxylation sites is 3. The van der Waals surface area contributed by atoms with Gasteiger partial charge in [0, 0.05) is 38.2 Å². The van der Waals surface area contributed by atoms with Crippen molar-refractivity contribution in [1.29, 1.82) is 0 Å². The molecule has 0 fully saturated rings. The molecular weight excluding hydrogens is 685 g/mol. The van der Waals surface area contributed by atoms with E-state index in [0.29, 0.717) is 17.5 Å². The maximum Gasteiger partial charge on any atom is 0.166 e. The van der Waals surface area contributed by atoms with Crippen LogP contribution < -0.4 is 0 Å². The number of aromatic nitrogens is 4. The third kappa shape index (κ3) is 4.58. The highest BCUT2D eigenvalue weighted by Gasteiger charge is 2.22. The fraction of sp³-hybridized carbons (Fsp3) is 0. The fourth-order valence-electron chi connectivity index (χ4n) is 8.69. The average Bonchev–Trinajstić information content (AvgIpc) is 3.82. The van der Waals surface area contributed by atoms with E-state index in [1.54, 1.807) is 0 Å². The molecule has 0 unspecified atom stereocenters. The topological polar surface area (TPSA) is 56.7 Å².